The number of hydrogen-bond donors (Lipinski definition) is 1. The highest BCUT2D eigenvalue weighted by Crippen LogP contribution is 2.64. The van der Waals surface area contributed by atoms with E-state index in [1.165, 1.54) is 12.1 Å². The summed E-state index contributed by atoms with van der Waals surface area (Å²) in [4.78, 5) is 15.6. The number of methoxy groups -OCH3 is 1. The lowest BCUT2D eigenvalue weighted by Gasteiger charge is -2.58. The van der Waals surface area contributed by atoms with E-state index in [2.05, 4.69) is 5.32 Å². The minimum atomic E-state index is -4.48. The van der Waals surface area contributed by atoms with Crippen molar-refractivity contribution in [3.8, 4) is 11.5 Å². The van der Waals surface area contributed by atoms with Crippen LogP contribution in [-0.4, -0.2) is 21.2 Å². The molecule has 6 nitrogen and oxygen atoms in total. The van der Waals surface area contributed by atoms with Gasteiger partial charge in [0.2, 0.25) is 5.72 Å². The zero-order chi connectivity index (χ0) is 27.9. The van der Waals surface area contributed by atoms with Gasteiger partial charge in [-0.2, -0.15) is 13.2 Å². The van der Waals surface area contributed by atoms with Gasteiger partial charge in [-0.25, -0.2) is 4.79 Å². The molecule has 39 heavy (non-hydrogen) atoms. The minimum Gasteiger partial charge on any atom is -0.497 e. The molecule has 6 rings (SSSR count). The molecule has 2 aliphatic rings. The fourth-order valence-corrected chi connectivity index (χ4v) is 6.00. The lowest BCUT2D eigenvalue weighted by atomic mass is 9.59. The molecule has 0 aliphatic carbocycles. The summed E-state index contributed by atoms with van der Waals surface area (Å²) < 4.78 is 58.5. The molecule has 0 saturated carbocycles. The van der Waals surface area contributed by atoms with Crippen LogP contribution < -0.4 is 25.3 Å². The third kappa shape index (κ3) is 3.52. The Morgan fingerprint density at radius 1 is 1.00 bits per heavy atom. The number of hydrogen-bond acceptors (Lipinski definition) is 6. The second-order valence-corrected chi connectivity index (χ2v) is 10.8. The van der Waals surface area contributed by atoms with Crippen LogP contribution in [0, 0.1) is 5.41 Å². The molecule has 1 unspecified atom stereocenters. The predicted octanol–water partition coefficient (Wildman–Crippen LogP) is 6.72. The molecular weight excluding hydrogens is 509 g/mol. The van der Waals surface area contributed by atoms with E-state index in [-0.39, 0.29) is 0 Å². The van der Waals surface area contributed by atoms with Crippen LogP contribution in [0.4, 0.5) is 24.5 Å². The molecule has 1 aromatic heterocycles. The van der Waals surface area contributed by atoms with Crippen molar-refractivity contribution in [1.82, 2.24) is 0 Å². The Kier molecular flexibility index (Phi) is 5.28. The summed E-state index contributed by atoms with van der Waals surface area (Å²) in [7, 11) is 5.33. The number of nitrogens with one attached hydrogen (secondary N) is 1. The molecule has 1 N–H and O–H groups in total. The van der Waals surface area contributed by atoms with Crippen LogP contribution in [0.25, 0.3) is 11.0 Å². The van der Waals surface area contributed by atoms with Gasteiger partial charge < -0.3 is 24.1 Å². The van der Waals surface area contributed by atoms with Gasteiger partial charge in [-0.3, -0.25) is 0 Å². The minimum absolute atomic E-state index is 0.344. The zero-order valence-corrected chi connectivity index (χ0v) is 22.1. The Bertz CT molecular complexity index is 1680. The van der Waals surface area contributed by atoms with E-state index in [1.807, 2.05) is 57.1 Å². The van der Waals surface area contributed by atoms with E-state index in [4.69, 9.17) is 13.9 Å². The first-order valence-corrected chi connectivity index (χ1v) is 12.5. The molecule has 0 amide bonds. The monoisotopic (exact) mass is 536 g/mol. The lowest BCUT2D eigenvalue weighted by molar-refractivity contribution is -0.137. The average Bonchev–Trinajstić information content (AvgIpc) is 2.87. The van der Waals surface area contributed by atoms with Gasteiger partial charge in [0.05, 0.1) is 23.6 Å². The van der Waals surface area contributed by atoms with Crippen LogP contribution in [0.1, 0.15) is 42.0 Å². The summed E-state index contributed by atoms with van der Waals surface area (Å²) >= 11 is 0. The number of anilines is 2. The van der Waals surface area contributed by atoms with Crippen molar-refractivity contribution >= 4 is 22.3 Å². The van der Waals surface area contributed by atoms with Gasteiger partial charge in [0.1, 0.15) is 17.1 Å². The van der Waals surface area contributed by atoms with E-state index in [0.29, 0.717) is 39.3 Å². The fourth-order valence-electron chi connectivity index (χ4n) is 6.00. The quantitative estimate of drug-likeness (QED) is 0.294. The van der Waals surface area contributed by atoms with Crippen molar-refractivity contribution in [2.75, 3.05) is 31.4 Å². The van der Waals surface area contributed by atoms with Gasteiger partial charge in [-0.05, 0) is 48.0 Å². The van der Waals surface area contributed by atoms with E-state index < -0.39 is 34.4 Å². The summed E-state index contributed by atoms with van der Waals surface area (Å²) in [5.74, 6) is 0.433. The Morgan fingerprint density at radius 3 is 2.36 bits per heavy atom. The molecule has 0 spiro atoms. The highest BCUT2D eigenvalue weighted by atomic mass is 19.4. The molecule has 4 aromatic rings. The summed E-state index contributed by atoms with van der Waals surface area (Å²) in [6.45, 7) is 3.87. The molecule has 2 aliphatic heterocycles. The van der Waals surface area contributed by atoms with E-state index in [1.54, 1.807) is 19.2 Å². The van der Waals surface area contributed by atoms with E-state index in [0.717, 1.165) is 23.4 Å². The van der Waals surface area contributed by atoms with Crippen LogP contribution in [-0.2, 0) is 11.9 Å². The van der Waals surface area contributed by atoms with Crippen molar-refractivity contribution in [2.24, 2.45) is 5.41 Å². The van der Waals surface area contributed by atoms with Crippen molar-refractivity contribution in [1.29, 1.82) is 0 Å². The number of benzene rings is 3. The number of rotatable bonds is 3. The van der Waals surface area contributed by atoms with Crippen molar-refractivity contribution in [3.63, 3.8) is 0 Å². The highest BCUT2D eigenvalue weighted by Gasteiger charge is 2.62. The first-order valence-electron chi connectivity index (χ1n) is 12.5. The van der Waals surface area contributed by atoms with Crippen LogP contribution in [0.2, 0.25) is 0 Å². The Balaban J connectivity index is 1.68. The summed E-state index contributed by atoms with van der Waals surface area (Å²) in [5.41, 5.74) is 0.120. The predicted molar refractivity (Wildman–Crippen MR) is 143 cm³/mol. The summed E-state index contributed by atoms with van der Waals surface area (Å²) in [6.07, 6.45) is -4.48. The van der Waals surface area contributed by atoms with E-state index >= 15 is 0 Å². The molecule has 3 heterocycles. The summed E-state index contributed by atoms with van der Waals surface area (Å²) in [5, 5.41) is 4.11. The van der Waals surface area contributed by atoms with Crippen molar-refractivity contribution < 1.29 is 27.1 Å². The molecule has 9 heteroatoms. The SMILES string of the molecule is COc1ccc2c(c1)[C@@H]1c3c(c4ccc(N(C)C)cc4oc3=O)OC(c3ccc(C(F)(F)F)cc3)(N2)C1(C)C. The van der Waals surface area contributed by atoms with Crippen LogP contribution in [0.5, 0.6) is 11.5 Å². The highest BCUT2D eigenvalue weighted by molar-refractivity contribution is 5.88. The first-order chi connectivity index (χ1) is 18.4. The van der Waals surface area contributed by atoms with Crippen LogP contribution in [0.15, 0.2) is 69.9 Å². The Hall–Kier alpha value is -4.14. The first kappa shape index (κ1) is 25.2. The zero-order valence-electron chi connectivity index (χ0n) is 22.1. The molecule has 2 atom stereocenters. The van der Waals surface area contributed by atoms with Gasteiger partial charge in [-0.15, -0.1) is 0 Å². The normalized spacial score (nSPS) is 20.9. The lowest BCUT2D eigenvalue weighted by Crippen LogP contribution is -2.61. The van der Waals surface area contributed by atoms with Gasteiger partial charge in [0.25, 0.3) is 0 Å². The van der Waals surface area contributed by atoms with Gasteiger partial charge in [-0.1, -0.05) is 26.0 Å². The average molecular weight is 537 g/mol. The Morgan fingerprint density at radius 2 is 1.72 bits per heavy atom. The smallest absolute Gasteiger partial charge is 0.416 e. The van der Waals surface area contributed by atoms with Crippen molar-refractivity contribution in [3.05, 3.63) is 93.3 Å². The second kappa shape index (κ2) is 8.18. The number of ether oxygens (including phenoxy) is 2. The van der Waals surface area contributed by atoms with Gasteiger partial charge in [0, 0.05) is 48.4 Å². The third-order valence-electron chi connectivity index (χ3n) is 8.07. The van der Waals surface area contributed by atoms with E-state index in [9.17, 15) is 18.0 Å². The number of fused-ring (bicyclic) bond motifs is 8. The van der Waals surface area contributed by atoms with Crippen molar-refractivity contribution in [2.45, 2.75) is 31.7 Å². The largest absolute Gasteiger partial charge is 0.497 e. The molecule has 3 aromatic carbocycles. The summed E-state index contributed by atoms with van der Waals surface area (Å²) in [6, 6.07) is 16.0. The molecule has 0 radical (unpaired) electrons. The second-order valence-electron chi connectivity index (χ2n) is 10.8. The molecular formula is C30H27F3N2O4. The fraction of sp³-hybridized carbons (Fsp3) is 0.300. The van der Waals surface area contributed by atoms with Crippen LogP contribution >= 0.6 is 0 Å². The topological polar surface area (TPSA) is 63.9 Å². The number of halogens is 3. The number of nitrogens with zero attached hydrogens (tertiary/aromatic N) is 1. The maximum atomic E-state index is 13.7. The van der Waals surface area contributed by atoms with Gasteiger partial charge in [0.15, 0.2) is 0 Å². The molecule has 202 valence electrons. The van der Waals surface area contributed by atoms with Crippen LogP contribution in [0.3, 0.4) is 0 Å². The third-order valence-corrected chi connectivity index (χ3v) is 8.07. The molecule has 2 bridgehead atoms. The Labute approximate surface area is 222 Å². The number of alkyl halides is 3. The molecule has 0 fully saturated rings. The standard InChI is InChI=1S/C30H27F3N2O4/c1-28(2)25-21-15-19(37-5)11-13-22(21)34-29(28,16-6-8-17(9-7-16)30(31,32)33)39-26-20-12-10-18(35(3)4)14-23(20)38-27(36)24(25)26/h6-15,25,34H,1-5H3/t25-,29?/m1/s1. The molecule has 0 saturated heterocycles. The maximum absolute atomic E-state index is 13.7. The maximum Gasteiger partial charge on any atom is 0.416 e. The van der Waals surface area contributed by atoms with Gasteiger partial charge >= 0.3 is 11.8 Å².